The van der Waals surface area contributed by atoms with Gasteiger partial charge in [0.25, 0.3) is 0 Å². The van der Waals surface area contributed by atoms with Crippen molar-refractivity contribution in [1.29, 1.82) is 0 Å². The largest absolute Gasteiger partial charge is 0.0619 e. The van der Waals surface area contributed by atoms with Crippen LogP contribution >= 0.6 is 0 Å². The number of aryl methyl sites for hydroxylation is 1. The topological polar surface area (TPSA) is 0 Å². The summed E-state index contributed by atoms with van der Waals surface area (Å²) in [5.74, 6) is 0. The summed E-state index contributed by atoms with van der Waals surface area (Å²) in [4.78, 5) is 0. The van der Waals surface area contributed by atoms with Crippen molar-refractivity contribution >= 4 is 0 Å². The van der Waals surface area contributed by atoms with Crippen LogP contribution in [0.25, 0.3) is 11.1 Å². The Bertz CT molecular complexity index is 620. The molecule has 19 heavy (non-hydrogen) atoms. The molecule has 0 heterocycles. The smallest absolute Gasteiger partial charge is 0.0214 e. The van der Waals surface area contributed by atoms with E-state index < -0.39 is 0 Å². The lowest BCUT2D eigenvalue weighted by Crippen LogP contribution is -2.02. The Morgan fingerprint density at radius 2 is 1.53 bits per heavy atom. The van der Waals surface area contributed by atoms with E-state index in [2.05, 4.69) is 57.5 Å². The lowest BCUT2D eigenvalue weighted by Gasteiger charge is -2.17. The highest BCUT2D eigenvalue weighted by Crippen LogP contribution is 2.42. The molecule has 0 aromatic heterocycles. The van der Waals surface area contributed by atoms with Gasteiger partial charge in [0.2, 0.25) is 0 Å². The van der Waals surface area contributed by atoms with Crippen molar-refractivity contribution in [2.75, 3.05) is 0 Å². The second kappa shape index (κ2) is 4.85. The third-order valence-corrected chi connectivity index (χ3v) is 4.32. The van der Waals surface area contributed by atoms with Crippen LogP contribution in [0, 0.1) is 6.42 Å². The van der Waals surface area contributed by atoms with Gasteiger partial charge in [0.1, 0.15) is 0 Å². The van der Waals surface area contributed by atoms with Crippen molar-refractivity contribution in [2.24, 2.45) is 0 Å². The molecule has 0 aliphatic heterocycles. The third-order valence-electron chi connectivity index (χ3n) is 4.32. The van der Waals surface area contributed by atoms with Crippen molar-refractivity contribution in [1.82, 2.24) is 0 Å². The van der Waals surface area contributed by atoms with Crippen LogP contribution in [0.3, 0.4) is 0 Å². The Balaban J connectivity index is 2.29. The molecule has 0 saturated carbocycles. The Kier molecular flexibility index (Phi) is 3.18. The molecule has 2 aromatic carbocycles. The van der Waals surface area contributed by atoms with Gasteiger partial charge in [0.05, 0.1) is 0 Å². The molecule has 0 nitrogen and oxygen atoms in total. The highest BCUT2D eigenvalue weighted by Gasteiger charge is 2.23. The average Bonchev–Trinajstić information content (AvgIpc) is 2.83. The standard InChI is InChI=1S/C19H21/c1-4-13-11-19-17-10-8-7-9-14(17)12-18(19)16(6-3)15(13)5-2/h7-12H,4-6H2,1-3H3. The first-order valence-electron chi connectivity index (χ1n) is 7.41. The molecule has 97 valence electrons. The van der Waals surface area contributed by atoms with Gasteiger partial charge in [-0.05, 0) is 58.2 Å². The van der Waals surface area contributed by atoms with E-state index in [1.807, 2.05) is 0 Å². The van der Waals surface area contributed by atoms with Crippen molar-refractivity contribution in [3.8, 4) is 11.1 Å². The molecule has 1 aliphatic carbocycles. The molecule has 0 fully saturated rings. The molecule has 1 aliphatic rings. The zero-order chi connectivity index (χ0) is 13.4. The summed E-state index contributed by atoms with van der Waals surface area (Å²) in [6, 6.07) is 11.2. The fourth-order valence-corrected chi connectivity index (χ4v) is 3.43. The molecule has 0 spiro atoms. The van der Waals surface area contributed by atoms with Crippen LogP contribution in [0.2, 0.25) is 0 Å². The van der Waals surface area contributed by atoms with E-state index in [-0.39, 0.29) is 0 Å². The number of hydrogen-bond donors (Lipinski definition) is 0. The fourth-order valence-electron chi connectivity index (χ4n) is 3.43. The SMILES string of the molecule is CCc1cc2c(c(CC)c1CC)[CH]c1ccccc1-2. The monoisotopic (exact) mass is 249 g/mol. The molecule has 0 saturated heterocycles. The van der Waals surface area contributed by atoms with Gasteiger partial charge >= 0.3 is 0 Å². The maximum absolute atomic E-state index is 2.43. The van der Waals surface area contributed by atoms with E-state index in [9.17, 15) is 0 Å². The molecule has 1 radical (unpaired) electrons. The van der Waals surface area contributed by atoms with Gasteiger partial charge in [0, 0.05) is 6.42 Å². The number of benzene rings is 2. The van der Waals surface area contributed by atoms with Gasteiger partial charge in [-0.15, -0.1) is 0 Å². The quantitative estimate of drug-likeness (QED) is 0.615. The Hall–Kier alpha value is -1.56. The number of hydrogen-bond acceptors (Lipinski definition) is 0. The maximum atomic E-state index is 2.43. The minimum absolute atomic E-state index is 1.13. The van der Waals surface area contributed by atoms with E-state index in [0.29, 0.717) is 0 Å². The van der Waals surface area contributed by atoms with E-state index >= 15 is 0 Å². The van der Waals surface area contributed by atoms with Crippen LogP contribution < -0.4 is 0 Å². The van der Waals surface area contributed by atoms with Crippen LogP contribution in [-0.2, 0) is 19.3 Å². The molecule has 3 rings (SSSR count). The Labute approximate surface area is 116 Å². The van der Waals surface area contributed by atoms with Gasteiger partial charge in [-0.1, -0.05) is 51.1 Å². The van der Waals surface area contributed by atoms with Crippen molar-refractivity contribution < 1.29 is 0 Å². The Morgan fingerprint density at radius 1 is 0.789 bits per heavy atom. The second-order valence-electron chi connectivity index (χ2n) is 5.25. The predicted octanol–water partition coefficient (Wildman–Crippen LogP) is 4.95. The van der Waals surface area contributed by atoms with Gasteiger partial charge in [0.15, 0.2) is 0 Å². The summed E-state index contributed by atoms with van der Waals surface area (Å²) in [6.07, 6.45) is 5.78. The maximum Gasteiger partial charge on any atom is 0.0214 e. The number of fused-ring (bicyclic) bond motifs is 3. The first kappa shape index (κ1) is 12.5. The second-order valence-corrected chi connectivity index (χ2v) is 5.25. The minimum atomic E-state index is 1.13. The lowest BCUT2D eigenvalue weighted by atomic mass is 9.88. The predicted molar refractivity (Wildman–Crippen MR) is 82.5 cm³/mol. The van der Waals surface area contributed by atoms with Gasteiger partial charge in [-0.25, -0.2) is 0 Å². The molecule has 0 amide bonds. The molecule has 0 N–H and O–H groups in total. The van der Waals surface area contributed by atoms with Crippen LogP contribution in [0.15, 0.2) is 30.3 Å². The number of rotatable bonds is 3. The zero-order valence-corrected chi connectivity index (χ0v) is 12.1. The summed E-state index contributed by atoms with van der Waals surface area (Å²) >= 11 is 0. The molecular formula is C19H21. The summed E-state index contributed by atoms with van der Waals surface area (Å²) in [5, 5.41) is 0. The highest BCUT2D eigenvalue weighted by atomic mass is 14.3. The van der Waals surface area contributed by atoms with Crippen molar-refractivity contribution in [2.45, 2.75) is 40.0 Å². The average molecular weight is 249 g/mol. The Morgan fingerprint density at radius 3 is 2.21 bits per heavy atom. The molecule has 0 unspecified atom stereocenters. The highest BCUT2D eigenvalue weighted by molar-refractivity contribution is 5.83. The third kappa shape index (κ3) is 1.82. The normalized spacial score (nSPS) is 12.4. The molecule has 0 atom stereocenters. The summed E-state index contributed by atoms with van der Waals surface area (Å²) in [7, 11) is 0. The summed E-state index contributed by atoms with van der Waals surface area (Å²) in [6.45, 7) is 6.83. The summed E-state index contributed by atoms with van der Waals surface area (Å²) in [5.41, 5.74) is 10.4. The molecule has 0 bridgehead atoms. The van der Waals surface area contributed by atoms with E-state index in [1.165, 1.54) is 27.8 Å². The molecule has 2 aromatic rings. The van der Waals surface area contributed by atoms with Crippen molar-refractivity contribution in [3.63, 3.8) is 0 Å². The first-order chi connectivity index (χ1) is 9.30. The fraction of sp³-hybridized carbons (Fsp3) is 0.316. The minimum Gasteiger partial charge on any atom is -0.0619 e. The van der Waals surface area contributed by atoms with Crippen LogP contribution in [0.1, 0.15) is 48.6 Å². The zero-order valence-electron chi connectivity index (χ0n) is 12.1. The lowest BCUT2D eigenvalue weighted by molar-refractivity contribution is 0.975. The molecule has 0 heteroatoms. The van der Waals surface area contributed by atoms with Crippen LogP contribution in [0.5, 0.6) is 0 Å². The first-order valence-corrected chi connectivity index (χ1v) is 7.41. The molecular weight excluding hydrogens is 228 g/mol. The van der Waals surface area contributed by atoms with Crippen LogP contribution in [0.4, 0.5) is 0 Å². The van der Waals surface area contributed by atoms with Crippen molar-refractivity contribution in [3.05, 3.63) is 64.6 Å². The van der Waals surface area contributed by atoms with Gasteiger partial charge in [-0.2, -0.15) is 0 Å². The van der Waals surface area contributed by atoms with E-state index in [0.717, 1.165) is 19.3 Å². The van der Waals surface area contributed by atoms with Crippen LogP contribution in [-0.4, -0.2) is 0 Å². The van der Waals surface area contributed by atoms with E-state index in [1.54, 1.807) is 11.1 Å². The van der Waals surface area contributed by atoms with Gasteiger partial charge < -0.3 is 0 Å². The van der Waals surface area contributed by atoms with E-state index in [4.69, 9.17) is 0 Å². The van der Waals surface area contributed by atoms with Gasteiger partial charge in [-0.3, -0.25) is 0 Å². The summed E-state index contributed by atoms with van der Waals surface area (Å²) < 4.78 is 0.